The number of esters is 1. The first-order chi connectivity index (χ1) is 7.80. The molecule has 3 aliphatic heterocycles. The number of hydrogen-bond donors (Lipinski definition) is 0. The van der Waals surface area contributed by atoms with Crippen molar-refractivity contribution in [3.05, 3.63) is 0 Å². The molecule has 0 aromatic carbocycles. The molecule has 3 saturated heterocycles. The monoisotopic (exact) mass is 240 g/mol. The summed E-state index contributed by atoms with van der Waals surface area (Å²) in [5, 5.41) is 0. The van der Waals surface area contributed by atoms with Crippen LogP contribution in [0, 0.1) is 5.92 Å². The Bertz CT molecular complexity index is 330. The van der Waals surface area contributed by atoms with Gasteiger partial charge in [0, 0.05) is 0 Å². The average molecular weight is 240 g/mol. The summed E-state index contributed by atoms with van der Waals surface area (Å²) < 4.78 is 12.2. The maximum Gasteiger partial charge on any atom is 0.312 e. The van der Waals surface area contributed by atoms with Gasteiger partial charge in [-0.3, -0.25) is 4.79 Å². The van der Waals surface area contributed by atoms with E-state index in [4.69, 9.17) is 9.47 Å². The van der Waals surface area contributed by atoms with E-state index in [1.807, 2.05) is 13.8 Å². The van der Waals surface area contributed by atoms with Crippen molar-refractivity contribution in [3.8, 4) is 0 Å². The SMILES string of the molecule is CCC1(CC)OC(=O)[C@H]2CC[C@@]1(C)OC2(C)C. The average Bonchev–Trinajstić information content (AvgIpc) is 2.37. The van der Waals surface area contributed by atoms with Gasteiger partial charge in [-0.05, 0) is 46.5 Å². The van der Waals surface area contributed by atoms with Gasteiger partial charge in [-0.1, -0.05) is 13.8 Å². The summed E-state index contributed by atoms with van der Waals surface area (Å²) in [7, 11) is 0. The summed E-state index contributed by atoms with van der Waals surface area (Å²) in [4.78, 5) is 12.3. The van der Waals surface area contributed by atoms with Crippen LogP contribution in [0.5, 0.6) is 0 Å². The molecule has 0 aliphatic carbocycles. The normalized spacial score (nSPS) is 38.6. The zero-order valence-corrected chi connectivity index (χ0v) is 11.6. The van der Waals surface area contributed by atoms with Crippen molar-refractivity contribution in [2.24, 2.45) is 5.92 Å². The van der Waals surface area contributed by atoms with Crippen molar-refractivity contribution < 1.29 is 14.3 Å². The largest absolute Gasteiger partial charge is 0.456 e. The number of fused-ring (bicyclic) bond motifs is 4. The molecule has 2 atom stereocenters. The second-order valence-electron chi connectivity index (χ2n) is 6.15. The molecule has 3 fully saturated rings. The molecule has 98 valence electrons. The number of carbonyl (C=O) groups is 1. The molecule has 2 bridgehead atoms. The van der Waals surface area contributed by atoms with E-state index in [9.17, 15) is 4.79 Å². The van der Waals surface area contributed by atoms with Crippen molar-refractivity contribution in [3.63, 3.8) is 0 Å². The van der Waals surface area contributed by atoms with E-state index in [0.717, 1.165) is 25.7 Å². The van der Waals surface area contributed by atoms with Crippen LogP contribution in [0.4, 0.5) is 0 Å². The third kappa shape index (κ3) is 1.62. The fourth-order valence-electron chi connectivity index (χ4n) is 3.71. The van der Waals surface area contributed by atoms with Crippen LogP contribution in [0.1, 0.15) is 60.3 Å². The van der Waals surface area contributed by atoms with Crippen LogP contribution in [0.15, 0.2) is 0 Å². The van der Waals surface area contributed by atoms with Crippen LogP contribution in [-0.4, -0.2) is 22.8 Å². The maximum atomic E-state index is 12.3. The molecule has 3 heteroatoms. The fourth-order valence-corrected chi connectivity index (χ4v) is 3.71. The molecule has 3 nitrogen and oxygen atoms in total. The fraction of sp³-hybridized carbons (Fsp3) is 0.929. The molecular formula is C14H24O3. The molecule has 0 spiro atoms. The summed E-state index contributed by atoms with van der Waals surface area (Å²) in [6, 6.07) is 0. The van der Waals surface area contributed by atoms with Crippen LogP contribution < -0.4 is 0 Å². The van der Waals surface area contributed by atoms with Crippen LogP contribution >= 0.6 is 0 Å². The number of hydrogen-bond acceptors (Lipinski definition) is 3. The van der Waals surface area contributed by atoms with Crippen molar-refractivity contribution in [1.29, 1.82) is 0 Å². The highest BCUT2D eigenvalue weighted by Crippen LogP contribution is 2.52. The predicted octanol–water partition coefficient (Wildman–Crippen LogP) is 3.07. The van der Waals surface area contributed by atoms with Crippen LogP contribution in [0.2, 0.25) is 0 Å². The van der Waals surface area contributed by atoms with Crippen LogP contribution in [0.25, 0.3) is 0 Å². The Kier molecular flexibility index (Phi) is 2.81. The van der Waals surface area contributed by atoms with Crippen LogP contribution in [-0.2, 0) is 14.3 Å². The zero-order chi connectivity index (χ0) is 12.9. The molecular weight excluding hydrogens is 216 g/mol. The van der Waals surface area contributed by atoms with Crippen molar-refractivity contribution >= 4 is 5.97 Å². The van der Waals surface area contributed by atoms with E-state index in [2.05, 4.69) is 20.8 Å². The Morgan fingerprint density at radius 3 is 2.29 bits per heavy atom. The molecule has 0 saturated carbocycles. The third-order valence-electron chi connectivity index (χ3n) is 4.92. The van der Waals surface area contributed by atoms with Gasteiger partial charge in [0.2, 0.25) is 0 Å². The molecule has 0 unspecified atom stereocenters. The molecule has 0 amide bonds. The minimum atomic E-state index is -0.452. The molecule has 0 aromatic heterocycles. The van der Waals surface area contributed by atoms with E-state index in [-0.39, 0.29) is 17.5 Å². The summed E-state index contributed by atoms with van der Waals surface area (Å²) in [5.41, 5.74) is -1.20. The summed E-state index contributed by atoms with van der Waals surface area (Å²) in [6.07, 6.45) is 3.42. The van der Waals surface area contributed by atoms with Gasteiger partial charge in [-0.25, -0.2) is 0 Å². The topological polar surface area (TPSA) is 35.5 Å². The van der Waals surface area contributed by atoms with Gasteiger partial charge in [0.1, 0.15) is 11.2 Å². The molecule has 0 aromatic rings. The third-order valence-corrected chi connectivity index (χ3v) is 4.92. The van der Waals surface area contributed by atoms with Crippen molar-refractivity contribution in [2.75, 3.05) is 0 Å². The molecule has 3 rings (SSSR count). The van der Waals surface area contributed by atoms with Gasteiger partial charge in [0.05, 0.1) is 11.5 Å². The number of ether oxygens (including phenoxy) is 2. The summed E-state index contributed by atoms with van der Waals surface area (Å²) in [5.74, 6) is -0.185. The number of rotatable bonds is 2. The Morgan fingerprint density at radius 1 is 1.24 bits per heavy atom. The van der Waals surface area contributed by atoms with E-state index in [0.29, 0.717) is 0 Å². The Labute approximate surface area is 104 Å². The Balaban J connectivity index is 2.50. The predicted molar refractivity (Wildman–Crippen MR) is 65.7 cm³/mol. The minimum absolute atomic E-state index is 0.0695. The highest BCUT2D eigenvalue weighted by atomic mass is 16.6. The van der Waals surface area contributed by atoms with Gasteiger partial charge in [0.25, 0.3) is 0 Å². The minimum Gasteiger partial charge on any atom is -0.456 e. The quantitative estimate of drug-likeness (QED) is 0.696. The van der Waals surface area contributed by atoms with Crippen molar-refractivity contribution in [1.82, 2.24) is 0 Å². The van der Waals surface area contributed by atoms with Gasteiger partial charge < -0.3 is 9.47 Å². The molecule has 17 heavy (non-hydrogen) atoms. The second-order valence-corrected chi connectivity index (χ2v) is 6.15. The molecule has 0 N–H and O–H groups in total. The standard InChI is InChI=1S/C14H24O3/c1-6-14(7-2)13(5)9-8-10(11(15)16-14)12(3,4)17-13/h10H,6-9H2,1-5H3/t10-,13-/m1/s1. The molecule has 0 radical (unpaired) electrons. The lowest BCUT2D eigenvalue weighted by Gasteiger charge is -2.50. The zero-order valence-electron chi connectivity index (χ0n) is 11.6. The first-order valence-electron chi connectivity index (χ1n) is 6.73. The van der Waals surface area contributed by atoms with Crippen molar-refractivity contribution in [2.45, 2.75) is 77.1 Å². The lowest BCUT2D eigenvalue weighted by Crippen LogP contribution is -2.58. The van der Waals surface area contributed by atoms with E-state index >= 15 is 0 Å². The van der Waals surface area contributed by atoms with Gasteiger partial charge in [0.15, 0.2) is 0 Å². The van der Waals surface area contributed by atoms with Gasteiger partial charge in [-0.15, -0.1) is 0 Å². The van der Waals surface area contributed by atoms with Crippen LogP contribution in [0.3, 0.4) is 0 Å². The molecule has 3 heterocycles. The lowest BCUT2D eigenvalue weighted by molar-refractivity contribution is -0.233. The van der Waals surface area contributed by atoms with E-state index < -0.39 is 11.2 Å². The smallest absolute Gasteiger partial charge is 0.312 e. The van der Waals surface area contributed by atoms with Gasteiger partial charge in [-0.2, -0.15) is 0 Å². The van der Waals surface area contributed by atoms with Gasteiger partial charge >= 0.3 is 5.97 Å². The highest BCUT2D eigenvalue weighted by molar-refractivity contribution is 5.75. The Morgan fingerprint density at radius 2 is 1.82 bits per heavy atom. The summed E-state index contributed by atoms with van der Waals surface area (Å²) in [6.45, 7) is 10.3. The molecule has 3 aliphatic rings. The Hall–Kier alpha value is -0.570. The first kappa shape index (κ1) is 12.9. The first-order valence-corrected chi connectivity index (χ1v) is 6.73. The lowest BCUT2D eigenvalue weighted by atomic mass is 9.72. The number of carbonyl (C=O) groups excluding carboxylic acids is 1. The highest BCUT2D eigenvalue weighted by Gasteiger charge is 2.61. The van der Waals surface area contributed by atoms with E-state index in [1.165, 1.54) is 0 Å². The maximum absolute atomic E-state index is 12.3. The summed E-state index contributed by atoms with van der Waals surface area (Å²) >= 11 is 0. The second kappa shape index (κ2) is 3.71. The van der Waals surface area contributed by atoms with E-state index in [1.54, 1.807) is 0 Å².